The molecule has 2 fully saturated rings. The average Bonchev–Trinajstić information content (AvgIpc) is 3.27. The second-order valence-electron chi connectivity index (χ2n) is 8.81. The summed E-state index contributed by atoms with van der Waals surface area (Å²) in [7, 11) is 0. The molecule has 2 aromatic rings. The summed E-state index contributed by atoms with van der Waals surface area (Å²) in [5.74, 6) is -5.02. The molecule has 0 spiro atoms. The number of fused-ring (bicyclic) bond motifs is 6. The Morgan fingerprint density at radius 1 is 1.16 bits per heavy atom. The lowest BCUT2D eigenvalue weighted by atomic mass is 9.91. The summed E-state index contributed by atoms with van der Waals surface area (Å²) in [4.78, 5) is 40.1. The molecule has 10 heteroatoms. The Balaban J connectivity index is 1.44. The van der Waals surface area contributed by atoms with E-state index in [1.165, 1.54) is 10.8 Å². The summed E-state index contributed by atoms with van der Waals surface area (Å²) >= 11 is 0. The molecule has 2 amide bonds. The van der Waals surface area contributed by atoms with Crippen LogP contribution >= 0.6 is 0 Å². The SMILES string of the molecule is CC1CC2CC1N1C(=O)c3c(O)c(=O)c(C(=O)NCc4c(F)cc(F)cc4F)cn3CC21. The fraction of sp³-hybridized carbons (Fsp3) is 0.409. The van der Waals surface area contributed by atoms with Gasteiger partial charge in [-0.25, -0.2) is 13.2 Å². The molecule has 1 aromatic carbocycles. The molecule has 7 nitrogen and oxygen atoms in total. The molecule has 4 atom stereocenters. The Morgan fingerprint density at radius 3 is 2.53 bits per heavy atom. The van der Waals surface area contributed by atoms with Crippen LogP contribution in [0.4, 0.5) is 13.2 Å². The van der Waals surface area contributed by atoms with Crippen molar-refractivity contribution in [3.8, 4) is 5.75 Å². The van der Waals surface area contributed by atoms with Crippen molar-refractivity contribution in [3.63, 3.8) is 0 Å². The van der Waals surface area contributed by atoms with Crippen LogP contribution in [-0.4, -0.2) is 38.5 Å². The molecule has 4 unspecified atom stereocenters. The number of nitrogens with zero attached hydrogens (tertiary/aromatic N) is 2. The van der Waals surface area contributed by atoms with Gasteiger partial charge in [0.05, 0.1) is 6.04 Å². The van der Waals surface area contributed by atoms with E-state index in [1.54, 1.807) is 4.90 Å². The number of piperidine rings is 1. The van der Waals surface area contributed by atoms with Crippen LogP contribution in [-0.2, 0) is 13.1 Å². The number of aromatic hydroxyl groups is 1. The Kier molecular flexibility index (Phi) is 4.58. The molecule has 32 heavy (non-hydrogen) atoms. The summed E-state index contributed by atoms with van der Waals surface area (Å²) in [6, 6.07) is 0.968. The minimum Gasteiger partial charge on any atom is -0.503 e. The number of carbonyl (C=O) groups excluding carboxylic acids is 2. The van der Waals surface area contributed by atoms with E-state index < -0.39 is 58.1 Å². The van der Waals surface area contributed by atoms with Crippen molar-refractivity contribution in [2.75, 3.05) is 0 Å². The standard InChI is InChI=1S/C22H20F3N3O4/c1-9-2-10-3-16(9)28-17(10)8-27-7-13(19(29)20(30)18(27)22(28)32)21(31)26-6-12-14(24)4-11(23)5-15(12)25/h4-5,7,9-10,16-17,30H,2-3,6,8H2,1H3,(H,26,31). The van der Waals surface area contributed by atoms with Gasteiger partial charge in [0.2, 0.25) is 5.43 Å². The number of benzene rings is 1. The fourth-order valence-electron chi connectivity index (χ4n) is 5.50. The maximum absolute atomic E-state index is 13.8. The Hall–Kier alpha value is -3.30. The van der Waals surface area contributed by atoms with Crippen molar-refractivity contribution in [3.05, 3.63) is 62.8 Å². The number of amides is 2. The minimum atomic E-state index is -1.18. The molecule has 5 rings (SSSR count). The molecule has 3 heterocycles. The molecule has 1 aromatic heterocycles. The number of pyridine rings is 1. The monoisotopic (exact) mass is 447 g/mol. The molecule has 2 aliphatic heterocycles. The number of rotatable bonds is 3. The quantitative estimate of drug-likeness (QED) is 0.755. The lowest BCUT2D eigenvalue weighted by Crippen LogP contribution is -2.54. The van der Waals surface area contributed by atoms with Crippen LogP contribution in [0.15, 0.2) is 23.1 Å². The molecule has 3 aliphatic rings. The van der Waals surface area contributed by atoms with Gasteiger partial charge in [0.1, 0.15) is 23.0 Å². The third-order valence-electron chi connectivity index (χ3n) is 6.99. The zero-order valence-corrected chi connectivity index (χ0v) is 17.1. The first-order valence-corrected chi connectivity index (χ1v) is 10.4. The van der Waals surface area contributed by atoms with Crippen LogP contribution in [0, 0.1) is 29.3 Å². The zero-order chi connectivity index (χ0) is 22.9. The van der Waals surface area contributed by atoms with Gasteiger partial charge < -0.3 is 19.9 Å². The van der Waals surface area contributed by atoms with Gasteiger partial charge in [-0.2, -0.15) is 0 Å². The zero-order valence-electron chi connectivity index (χ0n) is 17.1. The first-order valence-electron chi connectivity index (χ1n) is 10.4. The van der Waals surface area contributed by atoms with Gasteiger partial charge in [0.15, 0.2) is 11.4 Å². The van der Waals surface area contributed by atoms with E-state index in [0.717, 1.165) is 12.8 Å². The molecule has 2 N–H and O–H groups in total. The summed E-state index contributed by atoms with van der Waals surface area (Å²) in [5.41, 5.74) is -2.22. The average molecular weight is 447 g/mol. The lowest BCUT2D eigenvalue weighted by molar-refractivity contribution is 0.0396. The smallest absolute Gasteiger partial charge is 0.275 e. The highest BCUT2D eigenvalue weighted by molar-refractivity contribution is 5.99. The van der Waals surface area contributed by atoms with Crippen LogP contribution in [0.25, 0.3) is 0 Å². The third kappa shape index (κ3) is 2.92. The molecular formula is C22H20F3N3O4. The largest absolute Gasteiger partial charge is 0.503 e. The summed E-state index contributed by atoms with van der Waals surface area (Å²) in [5, 5.41) is 12.7. The molecule has 1 saturated heterocycles. The number of aromatic nitrogens is 1. The number of carbonyl (C=O) groups is 2. The van der Waals surface area contributed by atoms with Gasteiger partial charge in [0, 0.05) is 43.0 Å². The predicted molar refractivity (Wildman–Crippen MR) is 105 cm³/mol. The van der Waals surface area contributed by atoms with E-state index in [1.807, 2.05) is 0 Å². The number of hydrogen-bond acceptors (Lipinski definition) is 4. The van der Waals surface area contributed by atoms with E-state index in [2.05, 4.69) is 12.2 Å². The summed E-state index contributed by atoms with van der Waals surface area (Å²) in [6.45, 7) is 1.79. The van der Waals surface area contributed by atoms with Crippen molar-refractivity contribution in [1.29, 1.82) is 0 Å². The van der Waals surface area contributed by atoms with Crippen molar-refractivity contribution in [1.82, 2.24) is 14.8 Å². The number of hydrogen-bond donors (Lipinski definition) is 2. The molecule has 1 aliphatic carbocycles. The lowest BCUT2D eigenvalue weighted by Gasteiger charge is -2.42. The maximum atomic E-state index is 13.8. The van der Waals surface area contributed by atoms with Crippen molar-refractivity contribution in [2.24, 2.45) is 11.8 Å². The van der Waals surface area contributed by atoms with Crippen LogP contribution in [0.1, 0.15) is 46.2 Å². The first-order chi connectivity index (χ1) is 15.2. The van der Waals surface area contributed by atoms with Crippen LogP contribution < -0.4 is 10.7 Å². The third-order valence-corrected chi connectivity index (χ3v) is 6.99. The van der Waals surface area contributed by atoms with E-state index >= 15 is 0 Å². The van der Waals surface area contributed by atoms with Crippen LogP contribution in [0.3, 0.4) is 0 Å². The second-order valence-corrected chi connectivity index (χ2v) is 8.81. The van der Waals surface area contributed by atoms with Crippen molar-refractivity contribution in [2.45, 2.75) is 44.9 Å². The molecule has 1 saturated carbocycles. The van der Waals surface area contributed by atoms with E-state index in [0.29, 0.717) is 30.5 Å². The molecular weight excluding hydrogens is 427 g/mol. The van der Waals surface area contributed by atoms with Gasteiger partial charge in [-0.3, -0.25) is 14.4 Å². The minimum absolute atomic E-state index is 0.0728. The maximum Gasteiger partial charge on any atom is 0.275 e. The van der Waals surface area contributed by atoms with E-state index in [4.69, 9.17) is 0 Å². The Labute approximate surface area is 180 Å². The van der Waals surface area contributed by atoms with E-state index in [9.17, 15) is 32.7 Å². The van der Waals surface area contributed by atoms with Crippen LogP contribution in [0.2, 0.25) is 0 Å². The highest BCUT2D eigenvalue weighted by Crippen LogP contribution is 2.48. The van der Waals surface area contributed by atoms with Crippen LogP contribution in [0.5, 0.6) is 5.75 Å². The summed E-state index contributed by atoms with van der Waals surface area (Å²) < 4.78 is 42.1. The predicted octanol–water partition coefficient (Wildman–Crippen LogP) is 2.15. The van der Waals surface area contributed by atoms with Gasteiger partial charge in [-0.05, 0) is 24.7 Å². The summed E-state index contributed by atoms with van der Waals surface area (Å²) in [6.07, 6.45) is 3.07. The highest BCUT2D eigenvalue weighted by Gasteiger charge is 2.54. The normalized spacial score (nSPS) is 25.6. The highest BCUT2D eigenvalue weighted by atomic mass is 19.1. The van der Waals surface area contributed by atoms with Crippen molar-refractivity contribution < 1.29 is 27.9 Å². The molecule has 168 valence electrons. The molecule has 2 bridgehead atoms. The number of halogens is 3. The van der Waals surface area contributed by atoms with Gasteiger partial charge in [0.25, 0.3) is 11.8 Å². The number of nitrogens with one attached hydrogen (secondary N) is 1. The Bertz CT molecular complexity index is 1200. The van der Waals surface area contributed by atoms with Gasteiger partial charge >= 0.3 is 0 Å². The Morgan fingerprint density at radius 2 is 1.84 bits per heavy atom. The second kappa shape index (κ2) is 7.11. The van der Waals surface area contributed by atoms with E-state index in [-0.39, 0.29) is 17.8 Å². The molecule has 0 radical (unpaired) electrons. The fourth-order valence-corrected chi connectivity index (χ4v) is 5.50. The topological polar surface area (TPSA) is 91.6 Å². The van der Waals surface area contributed by atoms with Gasteiger partial charge in [-0.1, -0.05) is 6.92 Å². The first kappa shape index (κ1) is 20.6. The van der Waals surface area contributed by atoms with Gasteiger partial charge in [-0.15, -0.1) is 0 Å². The van der Waals surface area contributed by atoms with Crippen molar-refractivity contribution >= 4 is 11.8 Å².